The van der Waals surface area contributed by atoms with Crippen LogP contribution in [0, 0.1) is 0 Å². The van der Waals surface area contributed by atoms with E-state index in [1.54, 1.807) is 17.3 Å². The Kier molecular flexibility index (Phi) is 3.15. The number of carbonyl (C=O) groups excluding carboxylic acids is 2. The van der Waals surface area contributed by atoms with Gasteiger partial charge in [0.1, 0.15) is 6.33 Å². The second-order valence-electron chi connectivity index (χ2n) is 5.50. The maximum Gasteiger partial charge on any atom is 0.255 e. The Morgan fingerprint density at radius 2 is 2.09 bits per heavy atom. The van der Waals surface area contributed by atoms with Gasteiger partial charge in [-0.3, -0.25) is 9.59 Å². The molecule has 2 saturated heterocycles. The lowest BCUT2D eigenvalue weighted by Crippen LogP contribution is -2.39. The maximum absolute atomic E-state index is 12.6. The van der Waals surface area contributed by atoms with Gasteiger partial charge >= 0.3 is 0 Å². The number of thiophene rings is 1. The van der Waals surface area contributed by atoms with E-state index in [4.69, 9.17) is 0 Å². The number of carbonyl (C=O) groups is 2. The average molecular weight is 314 g/mol. The Labute approximate surface area is 131 Å². The molecule has 2 aromatic rings. The van der Waals surface area contributed by atoms with Gasteiger partial charge in [0.05, 0.1) is 35.7 Å². The molecule has 7 heteroatoms. The van der Waals surface area contributed by atoms with Gasteiger partial charge in [-0.2, -0.15) is 11.3 Å². The molecule has 2 fully saturated rings. The molecular weight excluding hydrogens is 300 g/mol. The first-order chi connectivity index (χ1) is 10.8. The fourth-order valence-electron chi connectivity index (χ4n) is 3.40. The van der Waals surface area contributed by atoms with Gasteiger partial charge in [-0.25, -0.2) is 9.97 Å². The second-order valence-corrected chi connectivity index (χ2v) is 6.28. The highest BCUT2D eigenvalue weighted by Crippen LogP contribution is 2.36. The third-order valence-electron chi connectivity index (χ3n) is 4.35. The summed E-state index contributed by atoms with van der Waals surface area (Å²) in [6, 6.07) is 1.81. The normalized spacial score (nSPS) is 23.9. The molecule has 0 N–H and O–H groups in total. The van der Waals surface area contributed by atoms with Crippen LogP contribution in [0.2, 0.25) is 0 Å². The van der Waals surface area contributed by atoms with Crippen molar-refractivity contribution in [3.63, 3.8) is 0 Å². The molecule has 4 heterocycles. The largest absolute Gasteiger partial charge is 0.333 e. The van der Waals surface area contributed by atoms with Crippen LogP contribution < -0.4 is 4.90 Å². The summed E-state index contributed by atoms with van der Waals surface area (Å²) in [5.41, 5.74) is 1.42. The number of nitrogens with zero attached hydrogens (tertiary/aromatic N) is 4. The standard InChI is InChI=1S/C15H14N4O2S/c20-14-5-13-12(19(14)11-6-16-9-17-7-11)1-3-18(13)15(21)10-2-4-22-8-10/h2,4,6-9,12-13H,1,3,5H2. The van der Waals surface area contributed by atoms with Gasteiger partial charge in [-0.15, -0.1) is 0 Å². The van der Waals surface area contributed by atoms with Crippen molar-refractivity contribution in [3.8, 4) is 0 Å². The molecule has 0 saturated carbocycles. The number of aromatic nitrogens is 2. The van der Waals surface area contributed by atoms with E-state index in [2.05, 4.69) is 9.97 Å². The van der Waals surface area contributed by atoms with Crippen LogP contribution in [-0.2, 0) is 4.79 Å². The second kappa shape index (κ2) is 5.17. The van der Waals surface area contributed by atoms with Crippen LogP contribution in [0.3, 0.4) is 0 Å². The van der Waals surface area contributed by atoms with Gasteiger partial charge < -0.3 is 9.80 Å². The van der Waals surface area contributed by atoms with Crippen LogP contribution in [0.15, 0.2) is 35.5 Å². The maximum atomic E-state index is 12.6. The van der Waals surface area contributed by atoms with Crippen molar-refractivity contribution in [2.75, 3.05) is 11.4 Å². The molecule has 0 aromatic carbocycles. The Hall–Kier alpha value is -2.28. The van der Waals surface area contributed by atoms with Crippen LogP contribution in [0.4, 0.5) is 5.69 Å². The number of anilines is 1. The SMILES string of the molecule is O=C(c1ccsc1)N1CCC2C1CC(=O)N2c1cncnc1. The Bertz CT molecular complexity index is 704. The van der Waals surface area contributed by atoms with Crippen molar-refractivity contribution >= 4 is 28.8 Å². The third-order valence-corrected chi connectivity index (χ3v) is 5.03. The van der Waals surface area contributed by atoms with Crippen molar-refractivity contribution in [2.45, 2.75) is 24.9 Å². The van der Waals surface area contributed by atoms with Crippen LogP contribution in [0.1, 0.15) is 23.2 Å². The summed E-state index contributed by atoms with van der Waals surface area (Å²) in [6.07, 6.45) is 5.91. The molecular formula is C15H14N4O2S. The Morgan fingerprint density at radius 3 is 2.82 bits per heavy atom. The minimum atomic E-state index is -0.0555. The van der Waals surface area contributed by atoms with Crippen molar-refractivity contribution in [1.29, 1.82) is 0 Å². The van der Waals surface area contributed by atoms with E-state index >= 15 is 0 Å². The van der Waals surface area contributed by atoms with Crippen molar-refractivity contribution in [3.05, 3.63) is 41.1 Å². The predicted molar refractivity (Wildman–Crippen MR) is 81.7 cm³/mol. The number of likely N-dealkylation sites (tertiary alicyclic amines) is 1. The molecule has 22 heavy (non-hydrogen) atoms. The van der Waals surface area contributed by atoms with Crippen molar-refractivity contribution in [1.82, 2.24) is 14.9 Å². The zero-order chi connectivity index (χ0) is 15.1. The summed E-state index contributed by atoms with van der Waals surface area (Å²) in [4.78, 5) is 36.5. The monoisotopic (exact) mass is 314 g/mol. The number of hydrogen-bond acceptors (Lipinski definition) is 5. The fourth-order valence-corrected chi connectivity index (χ4v) is 4.03. The molecule has 112 valence electrons. The zero-order valence-corrected chi connectivity index (χ0v) is 12.6. The van der Waals surface area contributed by atoms with Crippen LogP contribution in [-0.4, -0.2) is 45.3 Å². The first-order valence-electron chi connectivity index (χ1n) is 7.16. The van der Waals surface area contributed by atoms with E-state index in [0.29, 0.717) is 24.2 Å². The highest BCUT2D eigenvalue weighted by Gasteiger charge is 2.49. The molecule has 0 spiro atoms. The quantitative estimate of drug-likeness (QED) is 0.844. The highest BCUT2D eigenvalue weighted by atomic mass is 32.1. The summed E-state index contributed by atoms with van der Waals surface area (Å²) in [7, 11) is 0. The number of rotatable bonds is 2. The molecule has 2 unspecified atom stereocenters. The Morgan fingerprint density at radius 1 is 1.27 bits per heavy atom. The summed E-state index contributed by atoms with van der Waals surface area (Å²) in [6.45, 7) is 0.682. The van der Waals surface area contributed by atoms with Crippen LogP contribution in [0.5, 0.6) is 0 Å². The van der Waals surface area contributed by atoms with E-state index in [-0.39, 0.29) is 23.9 Å². The minimum Gasteiger partial charge on any atom is -0.333 e. The topological polar surface area (TPSA) is 66.4 Å². The van der Waals surface area contributed by atoms with Crippen LogP contribution >= 0.6 is 11.3 Å². The van der Waals surface area contributed by atoms with Crippen LogP contribution in [0.25, 0.3) is 0 Å². The molecule has 6 nitrogen and oxygen atoms in total. The lowest BCUT2D eigenvalue weighted by Gasteiger charge is -2.24. The number of hydrogen-bond donors (Lipinski definition) is 0. The third kappa shape index (κ3) is 2.00. The smallest absolute Gasteiger partial charge is 0.255 e. The molecule has 2 atom stereocenters. The lowest BCUT2D eigenvalue weighted by atomic mass is 10.1. The molecule has 0 aliphatic carbocycles. The summed E-state index contributed by atoms with van der Waals surface area (Å²) in [5.74, 6) is 0.0559. The molecule has 2 amide bonds. The fraction of sp³-hybridized carbons (Fsp3) is 0.333. The summed E-state index contributed by atoms with van der Waals surface area (Å²) >= 11 is 1.51. The number of fused-ring (bicyclic) bond motifs is 1. The van der Waals surface area contributed by atoms with Gasteiger partial charge in [0.15, 0.2) is 0 Å². The summed E-state index contributed by atoms with van der Waals surface area (Å²) in [5, 5.41) is 3.75. The molecule has 0 bridgehead atoms. The van der Waals surface area contributed by atoms with Gasteiger partial charge in [0, 0.05) is 18.3 Å². The predicted octanol–water partition coefficient (Wildman–Crippen LogP) is 1.56. The highest BCUT2D eigenvalue weighted by molar-refractivity contribution is 7.08. The summed E-state index contributed by atoms with van der Waals surface area (Å²) < 4.78 is 0. The van der Waals surface area contributed by atoms with E-state index in [1.807, 2.05) is 21.7 Å². The lowest BCUT2D eigenvalue weighted by molar-refractivity contribution is -0.117. The Balaban J connectivity index is 1.61. The van der Waals surface area contributed by atoms with Gasteiger partial charge in [0.25, 0.3) is 5.91 Å². The van der Waals surface area contributed by atoms with E-state index < -0.39 is 0 Å². The van der Waals surface area contributed by atoms with E-state index in [0.717, 1.165) is 6.42 Å². The molecule has 0 radical (unpaired) electrons. The van der Waals surface area contributed by atoms with E-state index in [1.165, 1.54) is 17.7 Å². The molecule has 2 aliphatic heterocycles. The van der Waals surface area contributed by atoms with E-state index in [9.17, 15) is 9.59 Å². The zero-order valence-electron chi connectivity index (χ0n) is 11.8. The molecule has 4 rings (SSSR count). The average Bonchev–Trinajstić information content (AvgIpc) is 3.23. The van der Waals surface area contributed by atoms with Gasteiger partial charge in [0.2, 0.25) is 5.91 Å². The molecule has 2 aliphatic rings. The van der Waals surface area contributed by atoms with Crippen molar-refractivity contribution < 1.29 is 9.59 Å². The minimum absolute atomic E-state index is 0.0210. The van der Waals surface area contributed by atoms with Gasteiger partial charge in [-0.1, -0.05) is 0 Å². The number of amides is 2. The van der Waals surface area contributed by atoms with Crippen molar-refractivity contribution in [2.24, 2.45) is 0 Å². The molecule has 2 aromatic heterocycles. The first kappa shape index (κ1) is 13.4. The first-order valence-corrected chi connectivity index (χ1v) is 8.10. The van der Waals surface area contributed by atoms with Gasteiger partial charge in [-0.05, 0) is 17.9 Å².